The molecular weight excluding hydrogens is 354 g/mol. The molecule has 1 fully saturated rings. The Morgan fingerprint density at radius 1 is 1.29 bits per heavy atom. The zero-order valence-electron chi connectivity index (χ0n) is 17.6. The van der Waals surface area contributed by atoms with Gasteiger partial charge in [-0.1, -0.05) is 18.2 Å². The van der Waals surface area contributed by atoms with Crippen molar-refractivity contribution < 1.29 is 9.53 Å². The van der Waals surface area contributed by atoms with Crippen LogP contribution in [0.1, 0.15) is 46.1 Å². The van der Waals surface area contributed by atoms with Crippen LogP contribution in [0.5, 0.6) is 5.75 Å². The van der Waals surface area contributed by atoms with Gasteiger partial charge >= 0.3 is 0 Å². The van der Waals surface area contributed by atoms with Gasteiger partial charge in [0.2, 0.25) is 5.91 Å². The molecule has 2 rings (SSSR count). The Kier molecular flexibility index (Phi) is 8.11. The fourth-order valence-corrected chi connectivity index (χ4v) is 3.20. The average Bonchev–Trinajstić information content (AvgIpc) is 2.61. The molecule has 1 aromatic carbocycles. The van der Waals surface area contributed by atoms with Crippen LogP contribution in [0.3, 0.4) is 0 Å². The summed E-state index contributed by atoms with van der Waals surface area (Å²) < 4.78 is 6.07. The van der Waals surface area contributed by atoms with Crippen LogP contribution in [-0.2, 0) is 11.3 Å². The molecule has 4 N–H and O–H groups in total. The van der Waals surface area contributed by atoms with Crippen LogP contribution in [0, 0.1) is 0 Å². The number of carbonyl (C=O) groups is 1. The first kappa shape index (κ1) is 22.0. The SMILES string of the molecule is CCNC(=NCc1ccccc1OC(C)(C)C)NC1CCN(CC(N)=O)CC1. The number of aliphatic imine (C=N–C) groups is 1. The lowest BCUT2D eigenvalue weighted by Crippen LogP contribution is -2.49. The summed E-state index contributed by atoms with van der Waals surface area (Å²) in [4.78, 5) is 17.9. The number of nitrogens with two attached hydrogens (primary N) is 1. The van der Waals surface area contributed by atoms with Gasteiger partial charge in [-0.2, -0.15) is 0 Å². The molecule has 1 aromatic rings. The second kappa shape index (κ2) is 10.3. The molecule has 1 heterocycles. The van der Waals surface area contributed by atoms with Gasteiger partial charge in [-0.25, -0.2) is 4.99 Å². The summed E-state index contributed by atoms with van der Waals surface area (Å²) in [5.41, 5.74) is 6.10. The summed E-state index contributed by atoms with van der Waals surface area (Å²) in [5, 5.41) is 6.85. The first-order valence-corrected chi connectivity index (χ1v) is 10.1. The number of nitrogens with zero attached hydrogens (tertiary/aromatic N) is 2. The summed E-state index contributed by atoms with van der Waals surface area (Å²) in [7, 11) is 0. The van der Waals surface area contributed by atoms with E-state index in [2.05, 4.69) is 28.5 Å². The number of hydrogen-bond acceptors (Lipinski definition) is 4. The number of para-hydroxylation sites is 1. The van der Waals surface area contributed by atoms with E-state index in [1.807, 2.05) is 39.0 Å². The first-order valence-electron chi connectivity index (χ1n) is 10.1. The highest BCUT2D eigenvalue weighted by molar-refractivity contribution is 5.80. The van der Waals surface area contributed by atoms with Gasteiger partial charge in [0, 0.05) is 31.2 Å². The Morgan fingerprint density at radius 2 is 1.96 bits per heavy atom. The predicted octanol–water partition coefficient (Wildman–Crippen LogP) is 1.87. The van der Waals surface area contributed by atoms with Gasteiger partial charge in [0.1, 0.15) is 11.4 Å². The van der Waals surface area contributed by atoms with E-state index in [0.29, 0.717) is 19.1 Å². The molecule has 7 nitrogen and oxygen atoms in total. The van der Waals surface area contributed by atoms with Crippen molar-refractivity contribution in [1.82, 2.24) is 15.5 Å². The second-order valence-electron chi connectivity index (χ2n) is 8.18. The topological polar surface area (TPSA) is 92.0 Å². The van der Waals surface area contributed by atoms with Crippen molar-refractivity contribution in [2.75, 3.05) is 26.2 Å². The van der Waals surface area contributed by atoms with Crippen molar-refractivity contribution in [3.05, 3.63) is 29.8 Å². The Labute approximate surface area is 168 Å². The van der Waals surface area contributed by atoms with Gasteiger partial charge in [-0.05, 0) is 46.6 Å². The first-order chi connectivity index (χ1) is 13.3. The molecule has 0 bridgehead atoms. The molecule has 0 unspecified atom stereocenters. The quantitative estimate of drug-likeness (QED) is 0.489. The number of ether oxygens (including phenoxy) is 1. The molecule has 0 saturated carbocycles. The highest BCUT2D eigenvalue weighted by Gasteiger charge is 2.21. The fraction of sp³-hybridized carbons (Fsp3) is 0.619. The van der Waals surface area contributed by atoms with Gasteiger partial charge < -0.3 is 21.1 Å². The molecule has 156 valence electrons. The lowest BCUT2D eigenvalue weighted by molar-refractivity contribution is -0.119. The smallest absolute Gasteiger partial charge is 0.231 e. The van der Waals surface area contributed by atoms with Gasteiger partial charge in [0.25, 0.3) is 0 Å². The van der Waals surface area contributed by atoms with E-state index in [0.717, 1.165) is 49.7 Å². The molecule has 0 aromatic heterocycles. The molecule has 28 heavy (non-hydrogen) atoms. The van der Waals surface area contributed by atoms with Crippen molar-refractivity contribution in [1.29, 1.82) is 0 Å². The monoisotopic (exact) mass is 389 g/mol. The maximum Gasteiger partial charge on any atom is 0.231 e. The summed E-state index contributed by atoms with van der Waals surface area (Å²) in [6.45, 7) is 11.6. The maximum atomic E-state index is 11.1. The lowest BCUT2D eigenvalue weighted by atomic mass is 10.1. The van der Waals surface area contributed by atoms with Crippen molar-refractivity contribution in [3.8, 4) is 5.75 Å². The number of benzene rings is 1. The molecule has 1 aliphatic heterocycles. The van der Waals surface area contributed by atoms with E-state index in [4.69, 9.17) is 15.5 Å². The third kappa shape index (κ3) is 7.76. The molecule has 1 saturated heterocycles. The zero-order chi connectivity index (χ0) is 20.6. The molecule has 0 spiro atoms. The number of primary amides is 1. The minimum absolute atomic E-state index is 0.249. The van der Waals surface area contributed by atoms with Crippen LogP contribution < -0.4 is 21.1 Å². The molecule has 0 radical (unpaired) electrons. The van der Waals surface area contributed by atoms with Gasteiger partial charge in [0.15, 0.2) is 5.96 Å². The van der Waals surface area contributed by atoms with E-state index < -0.39 is 0 Å². The number of carbonyl (C=O) groups excluding carboxylic acids is 1. The van der Waals surface area contributed by atoms with Crippen LogP contribution in [0.4, 0.5) is 0 Å². The van der Waals surface area contributed by atoms with Gasteiger partial charge in [0.05, 0.1) is 13.1 Å². The third-order valence-electron chi connectivity index (χ3n) is 4.45. The largest absolute Gasteiger partial charge is 0.488 e. The number of amides is 1. The number of nitrogens with one attached hydrogen (secondary N) is 2. The van der Waals surface area contributed by atoms with Gasteiger partial charge in [-0.15, -0.1) is 0 Å². The predicted molar refractivity (Wildman–Crippen MR) is 113 cm³/mol. The molecule has 1 aliphatic rings. The Balaban J connectivity index is 1.97. The molecular formula is C21H35N5O2. The van der Waals surface area contributed by atoms with Crippen LogP contribution in [0.15, 0.2) is 29.3 Å². The zero-order valence-corrected chi connectivity index (χ0v) is 17.6. The minimum Gasteiger partial charge on any atom is -0.488 e. The van der Waals surface area contributed by atoms with E-state index in [9.17, 15) is 4.79 Å². The van der Waals surface area contributed by atoms with E-state index in [1.54, 1.807) is 0 Å². The van der Waals surface area contributed by atoms with Gasteiger partial charge in [-0.3, -0.25) is 9.69 Å². The van der Waals surface area contributed by atoms with Crippen LogP contribution in [-0.4, -0.2) is 54.6 Å². The number of likely N-dealkylation sites (tertiary alicyclic amines) is 1. The van der Waals surface area contributed by atoms with E-state index in [1.165, 1.54) is 0 Å². The number of rotatable bonds is 7. The van der Waals surface area contributed by atoms with Crippen molar-refractivity contribution in [2.45, 2.75) is 58.7 Å². The number of hydrogen-bond donors (Lipinski definition) is 3. The standard InChI is InChI=1S/C21H35N5O2/c1-5-23-20(25-17-10-12-26(13-11-17)15-19(22)27)24-14-16-8-6-7-9-18(16)28-21(2,3)4/h6-9,17H,5,10-15H2,1-4H3,(H2,22,27)(H2,23,24,25). The normalized spacial score (nSPS) is 16.6. The Hall–Kier alpha value is -2.28. The highest BCUT2D eigenvalue weighted by atomic mass is 16.5. The number of guanidine groups is 1. The molecule has 0 aliphatic carbocycles. The van der Waals surface area contributed by atoms with Crippen molar-refractivity contribution in [2.24, 2.45) is 10.7 Å². The minimum atomic E-state index is -0.266. The fourth-order valence-electron chi connectivity index (χ4n) is 3.20. The molecule has 0 atom stereocenters. The molecule has 1 amide bonds. The number of piperidine rings is 1. The Bertz CT molecular complexity index is 661. The molecule has 7 heteroatoms. The second-order valence-corrected chi connectivity index (χ2v) is 8.18. The van der Waals surface area contributed by atoms with Crippen molar-refractivity contribution >= 4 is 11.9 Å². The highest BCUT2D eigenvalue weighted by Crippen LogP contribution is 2.23. The summed E-state index contributed by atoms with van der Waals surface area (Å²) in [5.74, 6) is 1.41. The van der Waals surface area contributed by atoms with Crippen molar-refractivity contribution in [3.63, 3.8) is 0 Å². The lowest BCUT2D eigenvalue weighted by Gasteiger charge is -2.32. The van der Waals surface area contributed by atoms with Crippen LogP contribution in [0.25, 0.3) is 0 Å². The van der Waals surface area contributed by atoms with E-state index >= 15 is 0 Å². The maximum absolute atomic E-state index is 11.1. The van der Waals surface area contributed by atoms with E-state index in [-0.39, 0.29) is 11.5 Å². The summed E-state index contributed by atoms with van der Waals surface area (Å²) in [6, 6.07) is 8.37. The summed E-state index contributed by atoms with van der Waals surface area (Å²) in [6.07, 6.45) is 1.92. The van der Waals surface area contributed by atoms with Crippen LogP contribution in [0.2, 0.25) is 0 Å². The van der Waals surface area contributed by atoms with Crippen LogP contribution >= 0.6 is 0 Å². The third-order valence-corrected chi connectivity index (χ3v) is 4.45. The summed E-state index contributed by atoms with van der Waals surface area (Å²) >= 11 is 0. The average molecular weight is 390 g/mol. The Morgan fingerprint density at radius 3 is 2.57 bits per heavy atom.